The Labute approximate surface area is 198 Å². The zero-order valence-corrected chi connectivity index (χ0v) is 19.6. The van der Waals surface area contributed by atoms with E-state index < -0.39 is 0 Å². The van der Waals surface area contributed by atoms with Crippen LogP contribution in [0.25, 0.3) is 5.70 Å². The molecule has 0 radical (unpaired) electrons. The molecule has 1 saturated carbocycles. The van der Waals surface area contributed by atoms with E-state index in [1.54, 1.807) is 19.2 Å². The van der Waals surface area contributed by atoms with Crippen LogP contribution in [-0.2, 0) is 12.8 Å². The lowest BCUT2D eigenvalue weighted by atomic mass is 9.98. The van der Waals surface area contributed by atoms with Gasteiger partial charge >= 0.3 is 0 Å². The largest absolute Gasteiger partial charge is 0.489 e. The molecule has 34 heavy (non-hydrogen) atoms. The number of ether oxygens (including phenoxy) is 1. The number of nitrogens with zero attached hydrogens (tertiary/aromatic N) is 4. The van der Waals surface area contributed by atoms with Crippen LogP contribution in [0, 0.1) is 12.7 Å². The molecule has 1 fully saturated rings. The van der Waals surface area contributed by atoms with E-state index in [1.165, 1.54) is 36.4 Å². The number of likely N-dealkylation sites (N-methyl/N-ethyl adjacent to an activating group) is 1. The summed E-state index contributed by atoms with van der Waals surface area (Å²) in [5.74, 6) is 7.38. The molecule has 9 heteroatoms. The van der Waals surface area contributed by atoms with Gasteiger partial charge in [-0.05, 0) is 62.4 Å². The van der Waals surface area contributed by atoms with Crippen molar-refractivity contribution in [1.82, 2.24) is 20.2 Å². The van der Waals surface area contributed by atoms with Gasteiger partial charge < -0.3 is 19.9 Å². The summed E-state index contributed by atoms with van der Waals surface area (Å²) in [6, 6.07) is 9.94. The number of nitrogens with two attached hydrogens (primary N) is 2. The minimum absolute atomic E-state index is 0.246. The van der Waals surface area contributed by atoms with Crippen LogP contribution in [0.4, 0.5) is 4.39 Å². The predicted octanol–water partition coefficient (Wildman–Crippen LogP) is 3.89. The molecular formula is C25H31FN6O2. The molecule has 8 nitrogen and oxygen atoms in total. The molecule has 2 heterocycles. The highest BCUT2D eigenvalue weighted by Crippen LogP contribution is 2.27. The Morgan fingerprint density at radius 3 is 2.47 bits per heavy atom. The molecule has 180 valence electrons. The SMILES string of the molecule is Cc1nc(/C(N)=C(\Cc2nnc(Cc3ccc(F)cc3)o2)N(C)N)ccc1OC1CCCCC1. The number of benzene rings is 1. The number of aryl methyl sites for hydroxylation is 1. The summed E-state index contributed by atoms with van der Waals surface area (Å²) in [7, 11) is 1.70. The maximum absolute atomic E-state index is 13.1. The molecule has 1 aliphatic rings. The number of hydrogen-bond donors (Lipinski definition) is 2. The second-order valence-electron chi connectivity index (χ2n) is 8.70. The van der Waals surface area contributed by atoms with E-state index >= 15 is 0 Å². The van der Waals surface area contributed by atoms with Crippen LogP contribution in [-0.4, -0.2) is 33.3 Å². The van der Waals surface area contributed by atoms with E-state index in [4.69, 9.17) is 20.7 Å². The highest BCUT2D eigenvalue weighted by molar-refractivity contribution is 5.63. The lowest BCUT2D eigenvalue weighted by Gasteiger charge is -2.24. The molecule has 0 spiro atoms. The molecular weight excluding hydrogens is 435 g/mol. The van der Waals surface area contributed by atoms with Crippen molar-refractivity contribution in [2.24, 2.45) is 11.6 Å². The molecule has 4 N–H and O–H groups in total. The maximum atomic E-state index is 13.1. The Morgan fingerprint density at radius 2 is 1.79 bits per heavy atom. The van der Waals surface area contributed by atoms with Crippen molar-refractivity contribution in [3.05, 3.63) is 76.6 Å². The van der Waals surface area contributed by atoms with Gasteiger partial charge in [0.2, 0.25) is 11.8 Å². The number of rotatable bonds is 8. The van der Waals surface area contributed by atoms with Crippen LogP contribution >= 0.6 is 0 Å². The standard InChI is InChI=1S/C25H31FN6O2/c1-16-22(33-19-6-4-3-5-7-19)13-12-20(29-16)25(27)21(32(2)28)15-24-31-30-23(34-24)14-17-8-10-18(26)11-9-17/h8-13,19H,3-7,14-15,27-28H2,1-2H3/b25-21-. The molecule has 0 unspecified atom stereocenters. The third kappa shape index (κ3) is 5.91. The Hall–Kier alpha value is -3.46. The zero-order chi connectivity index (χ0) is 24.1. The van der Waals surface area contributed by atoms with Crippen LogP contribution in [0.15, 0.2) is 46.5 Å². The summed E-state index contributed by atoms with van der Waals surface area (Å²) in [4.78, 5) is 4.66. The first-order valence-electron chi connectivity index (χ1n) is 11.6. The summed E-state index contributed by atoms with van der Waals surface area (Å²) in [6.07, 6.45) is 6.76. The zero-order valence-electron chi connectivity index (χ0n) is 19.6. The van der Waals surface area contributed by atoms with Gasteiger partial charge in [0.1, 0.15) is 11.6 Å². The summed E-state index contributed by atoms with van der Waals surface area (Å²) < 4.78 is 25.1. The second kappa shape index (κ2) is 10.6. The van der Waals surface area contributed by atoms with Gasteiger partial charge in [0.15, 0.2) is 0 Å². The van der Waals surface area contributed by atoms with Crippen molar-refractivity contribution in [1.29, 1.82) is 0 Å². The van der Waals surface area contributed by atoms with E-state index in [2.05, 4.69) is 15.2 Å². The van der Waals surface area contributed by atoms with Gasteiger partial charge in [-0.25, -0.2) is 15.2 Å². The van der Waals surface area contributed by atoms with Gasteiger partial charge in [0, 0.05) is 7.05 Å². The first-order chi connectivity index (χ1) is 16.4. The van der Waals surface area contributed by atoms with Crippen LogP contribution in [0.1, 0.15) is 60.8 Å². The van der Waals surface area contributed by atoms with E-state index in [0.29, 0.717) is 35.3 Å². The van der Waals surface area contributed by atoms with E-state index in [9.17, 15) is 4.39 Å². The van der Waals surface area contributed by atoms with E-state index in [-0.39, 0.29) is 18.3 Å². The molecule has 1 aromatic carbocycles. The average molecular weight is 467 g/mol. The normalized spacial score (nSPS) is 15.2. The molecule has 4 rings (SSSR count). The minimum atomic E-state index is -0.288. The van der Waals surface area contributed by atoms with Gasteiger partial charge in [-0.2, -0.15) is 0 Å². The summed E-state index contributed by atoms with van der Waals surface area (Å²) >= 11 is 0. The van der Waals surface area contributed by atoms with E-state index in [0.717, 1.165) is 29.8 Å². The lowest BCUT2D eigenvalue weighted by Crippen LogP contribution is -2.29. The van der Waals surface area contributed by atoms with Crippen LogP contribution in [0.3, 0.4) is 0 Å². The summed E-state index contributed by atoms with van der Waals surface area (Å²) in [5, 5.41) is 9.65. The highest BCUT2D eigenvalue weighted by Gasteiger charge is 2.19. The van der Waals surface area contributed by atoms with Crippen molar-refractivity contribution >= 4 is 5.70 Å². The molecule has 2 aromatic heterocycles. The van der Waals surface area contributed by atoms with Crippen molar-refractivity contribution in [2.75, 3.05) is 7.05 Å². The number of halogens is 1. The molecule has 0 amide bonds. The topological polar surface area (TPSA) is 116 Å². The van der Waals surface area contributed by atoms with Crippen molar-refractivity contribution in [2.45, 2.75) is 58.0 Å². The lowest BCUT2D eigenvalue weighted by molar-refractivity contribution is 0.153. The van der Waals surface area contributed by atoms with Crippen molar-refractivity contribution < 1.29 is 13.5 Å². The number of allylic oxidation sites excluding steroid dienone is 1. The van der Waals surface area contributed by atoms with E-state index in [1.807, 2.05) is 19.1 Å². The molecule has 0 saturated heterocycles. The van der Waals surface area contributed by atoms with Gasteiger partial charge in [-0.1, -0.05) is 18.6 Å². The predicted molar refractivity (Wildman–Crippen MR) is 127 cm³/mol. The minimum Gasteiger partial charge on any atom is -0.489 e. The first kappa shape index (κ1) is 23.7. The van der Waals surface area contributed by atoms with Crippen LogP contribution in [0.5, 0.6) is 5.75 Å². The Morgan fingerprint density at radius 1 is 1.09 bits per heavy atom. The third-order valence-corrected chi connectivity index (χ3v) is 5.99. The molecule has 3 aromatic rings. The Kier molecular flexibility index (Phi) is 7.42. The molecule has 0 bridgehead atoms. The fourth-order valence-electron chi connectivity index (χ4n) is 4.09. The number of hydrogen-bond acceptors (Lipinski definition) is 8. The van der Waals surface area contributed by atoms with Crippen molar-refractivity contribution in [3.8, 4) is 5.75 Å². The molecule has 0 atom stereocenters. The number of aromatic nitrogens is 3. The smallest absolute Gasteiger partial charge is 0.222 e. The number of hydrazine groups is 1. The Balaban J connectivity index is 1.49. The second-order valence-corrected chi connectivity index (χ2v) is 8.70. The molecule has 0 aliphatic heterocycles. The monoisotopic (exact) mass is 466 g/mol. The van der Waals surface area contributed by atoms with Gasteiger partial charge in [0.25, 0.3) is 0 Å². The fraction of sp³-hybridized carbons (Fsp3) is 0.400. The summed E-state index contributed by atoms with van der Waals surface area (Å²) in [5.41, 5.74) is 9.75. The summed E-state index contributed by atoms with van der Waals surface area (Å²) in [6.45, 7) is 1.92. The quantitative estimate of drug-likeness (QED) is 0.379. The Bertz CT molecular complexity index is 1140. The maximum Gasteiger partial charge on any atom is 0.222 e. The first-order valence-corrected chi connectivity index (χ1v) is 11.6. The van der Waals surface area contributed by atoms with Gasteiger partial charge in [-0.3, -0.25) is 0 Å². The van der Waals surface area contributed by atoms with Crippen molar-refractivity contribution in [3.63, 3.8) is 0 Å². The third-order valence-electron chi connectivity index (χ3n) is 5.99. The van der Waals surface area contributed by atoms with Crippen LogP contribution < -0.4 is 16.3 Å². The van der Waals surface area contributed by atoms with Gasteiger partial charge in [0.05, 0.1) is 41.7 Å². The number of pyridine rings is 1. The average Bonchev–Trinajstić information content (AvgIpc) is 3.27. The fourth-order valence-corrected chi connectivity index (χ4v) is 4.09. The molecule has 1 aliphatic carbocycles. The van der Waals surface area contributed by atoms with Crippen LogP contribution in [0.2, 0.25) is 0 Å². The highest BCUT2D eigenvalue weighted by atomic mass is 19.1. The van der Waals surface area contributed by atoms with Gasteiger partial charge in [-0.15, -0.1) is 10.2 Å².